The number of para-hydroxylation sites is 1. The first kappa shape index (κ1) is 19.9. The molecule has 1 aromatic heterocycles. The van der Waals surface area contributed by atoms with Crippen LogP contribution in [0.5, 0.6) is 0 Å². The molecule has 0 saturated heterocycles. The molecule has 5 nitrogen and oxygen atoms in total. The number of rotatable bonds is 5. The van der Waals surface area contributed by atoms with Gasteiger partial charge in [-0.1, -0.05) is 60.1 Å². The first-order valence-corrected chi connectivity index (χ1v) is 9.87. The van der Waals surface area contributed by atoms with Crippen LogP contribution in [0.3, 0.4) is 0 Å². The summed E-state index contributed by atoms with van der Waals surface area (Å²) in [7, 11) is 0. The van der Waals surface area contributed by atoms with Crippen molar-refractivity contribution in [2.45, 2.75) is 13.5 Å². The molecule has 150 valence electrons. The normalized spacial score (nSPS) is 10.9. The first-order chi connectivity index (χ1) is 14.5. The number of aromatic nitrogens is 1. The largest absolute Gasteiger partial charge is 0.458 e. The third-order valence-electron chi connectivity index (χ3n) is 4.92. The zero-order valence-corrected chi connectivity index (χ0v) is 17.1. The first-order valence-electron chi connectivity index (χ1n) is 9.49. The van der Waals surface area contributed by atoms with Crippen LogP contribution in [0.15, 0.2) is 66.7 Å². The van der Waals surface area contributed by atoms with Crippen molar-refractivity contribution >= 4 is 45.2 Å². The molecule has 30 heavy (non-hydrogen) atoms. The number of hydrogen-bond donors (Lipinski definition) is 1. The quantitative estimate of drug-likeness (QED) is 0.471. The molecule has 4 aromatic rings. The summed E-state index contributed by atoms with van der Waals surface area (Å²) in [5.74, 6) is -0.900. The van der Waals surface area contributed by atoms with Gasteiger partial charge in [0.25, 0.3) is 5.91 Å². The lowest BCUT2D eigenvalue weighted by Crippen LogP contribution is -2.30. The van der Waals surface area contributed by atoms with Crippen molar-refractivity contribution in [1.82, 2.24) is 10.3 Å². The lowest BCUT2D eigenvalue weighted by Gasteiger charge is -2.11. The Morgan fingerprint density at radius 1 is 1.00 bits per heavy atom. The van der Waals surface area contributed by atoms with Gasteiger partial charge >= 0.3 is 5.97 Å². The van der Waals surface area contributed by atoms with Crippen LogP contribution < -0.4 is 5.32 Å². The third-order valence-corrected chi connectivity index (χ3v) is 5.42. The van der Waals surface area contributed by atoms with E-state index >= 15 is 0 Å². The van der Waals surface area contributed by atoms with Crippen LogP contribution in [0.1, 0.15) is 21.6 Å². The molecule has 0 aliphatic carbocycles. The van der Waals surface area contributed by atoms with Gasteiger partial charge in [-0.3, -0.25) is 9.59 Å². The number of hydrogen-bond acceptors (Lipinski definition) is 4. The van der Waals surface area contributed by atoms with Crippen LogP contribution in [0.4, 0.5) is 0 Å². The number of amides is 1. The smallest absolute Gasteiger partial charge is 0.325 e. The van der Waals surface area contributed by atoms with Crippen LogP contribution in [0.25, 0.3) is 21.7 Å². The van der Waals surface area contributed by atoms with Crippen LogP contribution in [0.2, 0.25) is 5.02 Å². The van der Waals surface area contributed by atoms with Gasteiger partial charge in [-0.15, -0.1) is 0 Å². The maximum Gasteiger partial charge on any atom is 0.325 e. The number of carbonyl (C=O) groups is 2. The van der Waals surface area contributed by atoms with E-state index < -0.39 is 5.97 Å². The number of pyridine rings is 1. The third kappa shape index (κ3) is 4.11. The highest BCUT2D eigenvalue weighted by Gasteiger charge is 2.14. The number of nitrogens with zero attached hydrogens (tertiary/aromatic N) is 1. The van der Waals surface area contributed by atoms with E-state index in [2.05, 4.69) is 10.3 Å². The van der Waals surface area contributed by atoms with Crippen molar-refractivity contribution in [3.05, 3.63) is 88.6 Å². The zero-order valence-electron chi connectivity index (χ0n) is 16.3. The van der Waals surface area contributed by atoms with Gasteiger partial charge in [0.1, 0.15) is 13.2 Å². The van der Waals surface area contributed by atoms with Gasteiger partial charge in [-0.25, -0.2) is 4.98 Å². The van der Waals surface area contributed by atoms with Gasteiger partial charge < -0.3 is 10.1 Å². The molecule has 3 aromatic carbocycles. The Morgan fingerprint density at radius 3 is 2.57 bits per heavy atom. The second-order valence-corrected chi connectivity index (χ2v) is 7.30. The molecule has 0 fully saturated rings. The Bertz CT molecular complexity index is 1270. The van der Waals surface area contributed by atoms with Gasteiger partial charge in [0, 0.05) is 10.9 Å². The lowest BCUT2D eigenvalue weighted by atomic mass is 10.1. The van der Waals surface area contributed by atoms with Crippen molar-refractivity contribution in [2.24, 2.45) is 0 Å². The minimum absolute atomic E-state index is 0.0603. The second kappa shape index (κ2) is 8.51. The Hall–Kier alpha value is -3.44. The molecule has 0 atom stereocenters. The van der Waals surface area contributed by atoms with E-state index in [1.54, 1.807) is 12.1 Å². The van der Waals surface area contributed by atoms with Crippen molar-refractivity contribution in [1.29, 1.82) is 0 Å². The maximum absolute atomic E-state index is 12.4. The van der Waals surface area contributed by atoms with E-state index in [4.69, 9.17) is 16.3 Å². The Labute approximate surface area is 178 Å². The Kier molecular flexibility index (Phi) is 5.63. The molecule has 4 rings (SSSR count). The molecule has 6 heteroatoms. The summed E-state index contributed by atoms with van der Waals surface area (Å²) in [5, 5.41) is 6.02. The van der Waals surface area contributed by atoms with Crippen molar-refractivity contribution in [3.63, 3.8) is 0 Å². The highest BCUT2D eigenvalue weighted by atomic mass is 35.5. The van der Waals surface area contributed by atoms with Gasteiger partial charge in [0.2, 0.25) is 0 Å². The maximum atomic E-state index is 12.4. The number of benzene rings is 3. The second-order valence-electron chi connectivity index (χ2n) is 6.92. The minimum atomic E-state index is -0.562. The fourth-order valence-electron chi connectivity index (χ4n) is 3.30. The summed E-state index contributed by atoms with van der Waals surface area (Å²) in [4.78, 5) is 29.0. The Morgan fingerprint density at radius 2 is 1.73 bits per heavy atom. The van der Waals surface area contributed by atoms with Gasteiger partial charge in [0.05, 0.1) is 16.2 Å². The van der Waals surface area contributed by atoms with E-state index in [1.807, 2.05) is 61.5 Å². The molecule has 0 radical (unpaired) electrons. The SMILES string of the molecule is Cc1c(Cl)c(COC(=O)CNC(=O)c2ccc3ccccc3c2)nc2ccccc12. The van der Waals surface area contributed by atoms with E-state index in [1.165, 1.54) is 0 Å². The van der Waals surface area contributed by atoms with Gasteiger partial charge in [-0.2, -0.15) is 0 Å². The topological polar surface area (TPSA) is 68.3 Å². The number of ether oxygens (including phenoxy) is 1. The fourth-order valence-corrected chi connectivity index (χ4v) is 3.50. The van der Waals surface area contributed by atoms with E-state index in [-0.39, 0.29) is 19.1 Å². The number of esters is 1. The summed E-state index contributed by atoms with van der Waals surface area (Å²) >= 11 is 6.39. The number of aryl methyl sites for hydroxylation is 1. The van der Waals surface area contributed by atoms with Crippen molar-refractivity contribution in [3.8, 4) is 0 Å². The predicted molar refractivity (Wildman–Crippen MR) is 118 cm³/mol. The fraction of sp³-hybridized carbons (Fsp3) is 0.125. The lowest BCUT2D eigenvalue weighted by molar-refractivity contribution is -0.143. The van der Waals surface area contributed by atoms with Crippen LogP contribution >= 0.6 is 11.6 Å². The highest BCUT2D eigenvalue weighted by Crippen LogP contribution is 2.27. The van der Waals surface area contributed by atoms with Crippen molar-refractivity contribution < 1.29 is 14.3 Å². The van der Waals surface area contributed by atoms with E-state index in [0.717, 1.165) is 27.2 Å². The summed E-state index contributed by atoms with van der Waals surface area (Å²) in [6, 6.07) is 20.8. The van der Waals surface area contributed by atoms with E-state index in [0.29, 0.717) is 16.3 Å². The molecule has 1 heterocycles. The van der Waals surface area contributed by atoms with Crippen molar-refractivity contribution in [2.75, 3.05) is 6.54 Å². The molecule has 0 unspecified atom stereocenters. The molecule has 0 saturated carbocycles. The minimum Gasteiger partial charge on any atom is -0.458 e. The summed E-state index contributed by atoms with van der Waals surface area (Å²) in [6.07, 6.45) is 0. The summed E-state index contributed by atoms with van der Waals surface area (Å²) < 4.78 is 5.27. The summed E-state index contributed by atoms with van der Waals surface area (Å²) in [5.41, 5.74) is 2.64. The molecule has 1 N–H and O–H groups in total. The molecule has 0 aliphatic rings. The average molecular weight is 419 g/mol. The number of fused-ring (bicyclic) bond motifs is 2. The molecule has 0 spiro atoms. The molecule has 0 aliphatic heterocycles. The highest BCUT2D eigenvalue weighted by molar-refractivity contribution is 6.32. The number of carbonyl (C=O) groups excluding carboxylic acids is 2. The Balaban J connectivity index is 1.37. The molecular formula is C24H19ClN2O3. The van der Waals surface area contributed by atoms with Crippen LogP contribution in [0, 0.1) is 6.92 Å². The monoisotopic (exact) mass is 418 g/mol. The van der Waals surface area contributed by atoms with Crippen LogP contribution in [-0.4, -0.2) is 23.4 Å². The standard InChI is InChI=1S/C24H19ClN2O3/c1-15-19-8-4-5-9-20(19)27-21(23(15)25)14-30-22(28)13-26-24(29)18-11-10-16-6-2-3-7-17(16)12-18/h2-12H,13-14H2,1H3,(H,26,29). The predicted octanol–water partition coefficient (Wildman–Crippen LogP) is 4.82. The number of nitrogens with one attached hydrogen (secondary N) is 1. The molecule has 0 bridgehead atoms. The van der Waals surface area contributed by atoms with Crippen LogP contribution in [-0.2, 0) is 16.1 Å². The van der Waals surface area contributed by atoms with E-state index in [9.17, 15) is 9.59 Å². The zero-order chi connectivity index (χ0) is 21.1. The average Bonchev–Trinajstić information content (AvgIpc) is 2.78. The molecule has 1 amide bonds. The number of halogens is 1. The molecular weight excluding hydrogens is 400 g/mol. The van der Waals surface area contributed by atoms with Gasteiger partial charge in [0.15, 0.2) is 0 Å². The van der Waals surface area contributed by atoms with Gasteiger partial charge in [-0.05, 0) is 41.5 Å². The summed E-state index contributed by atoms with van der Waals surface area (Å²) in [6.45, 7) is 1.60.